The number of ether oxygens (including phenoxy) is 1. The molecule has 1 amide bonds. The molecule has 0 saturated carbocycles. The molecule has 10 heteroatoms. The third-order valence-electron chi connectivity index (χ3n) is 6.79. The summed E-state index contributed by atoms with van der Waals surface area (Å²) in [5, 5.41) is 15.3. The molecule has 0 aliphatic carbocycles. The van der Waals surface area contributed by atoms with Gasteiger partial charge in [0.25, 0.3) is 5.91 Å². The zero-order chi connectivity index (χ0) is 30.4. The highest BCUT2D eigenvalue weighted by molar-refractivity contribution is 6.17. The fourth-order valence-corrected chi connectivity index (χ4v) is 4.35. The number of halogens is 1. The van der Waals surface area contributed by atoms with E-state index in [1.807, 2.05) is 49.2 Å². The van der Waals surface area contributed by atoms with Crippen molar-refractivity contribution in [3.63, 3.8) is 0 Å². The molecule has 0 aliphatic rings. The maximum Gasteiger partial charge on any atom is 0.259 e. The van der Waals surface area contributed by atoms with Gasteiger partial charge >= 0.3 is 0 Å². The second-order valence-electron chi connectivity index (χ2n) is 9.54. The molecule has 0 bridgehead atoms. The zero-order valence-electron chi connectivity index (χ0n) is 23.7. The minimum absolute atomic E-state index is 0.0845. The van der Waals surface area contributed by atoms with Crippen molar-refractivity contribution in [2.24, 2.45) is 12.8 Å². The van der Waals surface area contributed by atoms with Crippen molar-refractivity contribution in [2.75, 3.05) is 17.3 Å². The van der Waals surface area contributed by atoms with Gasteiger partial charge in [-0.15, -0.1) is 0 Å². The Hall–Kier alpha value is -5.51. The second-order valence-corrected chi connectivity index (χ2v) is 9.54. The van der Waals surface area contributed by atoms with E-state index >= 15 is 4.39 Å². The lowest BCUT2D eigenvalue weighted by molar-refractivity contribution is -0.115. The van der Waals surface area contributed by atoms with Crippen LogP contribution in [0.3, 0.4) is 0 Å². The van der Waals surface area contributed by atoms with Crippen LogP contribution in [0.5, 0.6) is 11.5 Å². The second kappa shape index (κ2) is 12.8. The average molecular weight is 567 g/mol. The fraction of sp³-hybridized carbons (Fsp3) is 0.125. The van der Waals surface area contributed by atoms with Crippen molar-refractivity contribution in [1.29, 1.82) is 5.41 Å². The first-order chi connectivity index (χ1) is 20.2. The van der Waals surface area contributed by atoms with Crippen LogP contribution in [0.2, 0.25) is 0 Å². The van der Waals surface area contributed by atoms with Crippen LogP contribution in [-0.2, 0) is 16.6 Å². The summed E-state index contributed by atoms with van der Waals surface area (Å²) in [6.07, 6.45) is 6.21. The van der Waals surface area contributed by atoms with Gasteiger partial charge in [0.05, 0.1) is 17.3 Å². The van der Waals surface area contributed by atoms with E-state index in [0.717, 1.165) is 34.6 Å². The molecular weight excluding hydrogens is 535 g/mol. The highest BCUT2D eigenvalue weighted by Crippen LogP contribution is 2.35. The molecule has 0 unspecified atom stereocenters. The van der Waals surface area contributed by atoms with Crippen molar-refractivity contribution >= 4 is 46.3 Å². The standard InChI is InChI=1S/C32H31FN6O3/c1-20(12-21(2)38(3)25-8-6-5-7-9-25)27(19-40)32(41)37-24-10-11-30(28(33)14-24)42-31-13-22-18-36-39(4)29(22)15-26(31)23(16-34)17-35/h5-19,34H,35H2,1-4H3,(H,37,41)/b21-12-,23-17+,27-20+,34-16?. The van der Waals surface area contributed by atoms with Crippen LogP contribution in [0.4, 0.5) is 15.8 Å². The van der Waals surface area contributed by atoms with E-state index in [1.165, 1.54) is 18.3 Å². The van der Waals surface area contributed by atoms with Crippen LogP contribution in [0.25, 0.3) is 16.5 Å². The summed E-state index contributed by atoms with van der Waals surface area (Å²) in [6.45, 7) is 3.54. The molecule has 3 aromatic carbocycles. The molecule has 4 N–H and O–H groups in total. The van der Waals surface area contributed by atoms with Gasteiger partial charge in [-0.25, -0.2) is 4.39 Å². The molecular formula is C32H31FN6O3. The molecule has 0 saturated heterocycles. The number of nitrogens with two attached hydrogens (primary N) is 1. The molecule has 1 heterocycles. The Morgan fingerprint density at radius 1 is 1.12 bits per heavy atom. The van der Waals surface area contributed by atoms with E-state index in [0.29, 0.717) is 23.0 Å². The van der Waals surface area contributed by atoms with Gasteiger partial charge in [0.1, 0.15) is 5.75 Å². The molecule has 42 heavy (non-hydrogen) atoms. The summed E-state index contributed by atoms with van der Waals surface area (Å²) in [5.41, 5.74) is 9.64. The fourth-order valence-electron chi connectivity index (χ4n) is 4.35. The normalized spacial score (nSPS) is 12.5. The summed E-state index contributed by atoms with van der Waals surface area (Å²) in [6, 6.07) is 17.1. The summed E-state index contributed by atoms with van der Waals surface area (Å²) >= 11 is 0. The quantitative estimate of drug-likeness (QED) is 0.0544. The third kappa shape index (κ3) is 6.28. The summed E-state index contributed by atoms with van der Waals surface area (Å²) in [4.78, 5) is 26.8. The molecule has 0 fully saturated rings. The molecule has 214 valence electrons. The van der Waals surface area contributed by atoms with Crippen LogP contribution in [-0.4, -0.2) is 35.2 Å². The van der Waals surface area contributed by atoms with E-state index < -0.39 is 11.7 Å². The Balaban J connectivity index is 1.57. The number of fused-ring (bicyclic) bond motifs is 1. The molecule has 1 aromatic heterocycles. The van der Waals surface area contributed by atoms with Gasteiger partial charge in [0.15, 0.2) is 17.9 Å². The number of hydrogen-bond donors (Lipinski definition) is 3. The molecule has 0 atom stereocenters. The Morgan fingerprint density at radius 3 is 2.50 bits per heavy atom. The van der Waals surface area contributed by atoms with Gasteiger partial charge in [0.2, 0.25) is 0 Å². The van der Waals surface area contributed by atoms with Gasteiger partial charge in [-0.3, -0.25) is 14.3 Å². The number of nitrogens with zero attached hydrogens (tertiary/aromatic N) is 3. The Morgan fingerprint density at radius 2 is 1.86 bits per heavy atom. The van der Waals surface area contributed by atoms with Crippen LogP contribution < -0.4 is 20.7 Å². The van der Waals surface area contributed by atoms with E-state index in [2.05, 4.69) is 10.4 Å². The van der Waals surface area contributed by atoms with Crippen molar-refractivity contribution in [3.05, 3.63) is 107 Å². The number of carbonyl (C=O) groups excluding carboxylic acids is 2. The number of aryl methyl sites for hydroxylation is 1. The number of nitrogens with one attached hydrogen (secondary N) is 2. The maximum absolute atomic E-state index is 15.2. The van der Waals surface area contributed by atoms with Crippen molar-refractivity contribution in [3.8, 4) is 11.5 Å². The lowest BCUT2D eigenvalue weighted by Gasteiger charge is -2.20. The molecule has 0 radical (unpaired) electrons. The molecule has 4 aromatic rings. The van der Waals surface area contributed by atoms with Crippen LogP contribution in [0.1, 0.15) is 19.4 Å². The number of allylic oxidation sites excluding steroid dienone is 4. The molecule has 4 rings (SSSR count). The van der Waals surface area contributed by atoms with Gasteiger partial charge < -0.3 is 26.1 Å². The molecule has 0 spiro atoms. The SMILES string of the molecule is C/C(=C/C(C)=C(\C=O)C(=O)Nc1ccc(Oc2cc3cnn(C)c3cc2/C(C=N)=C/N)c(F)c1)N(C)c1ccccc1. The maximum atomic E-state index is 15.2. The van der Waals surface area contributed by atoms with Gasteiger partial charge in [0, 0.05) is 66.2 Å². The number of benzene rings is 3. The van der Waals surface area contributed by atoms with Gasteiger partial charge in [-0.1, -0.05) is 18.2 Å². The largest absolute Gasteiger partial charge is 0.454 e. The smallest absolute Gasteiger partial charge is 0.259 e. The number of aldehydes is 1. The predicted molar refractivity (Wildman–Crippen MR) is 164 cm³/mol. The minimum Gasteiger partial charge on any atom is -0.454 e. The van der Waals surface area contributed by atoms with Crippen molar-refractivity contribution in [2.45, 2.75) is 13.8 Å². The first-order valence-corrected chi connectivity index (χ1v) is 13.0. The number of rotatable bonds is 10. The lowest BCUT2D eigenvalue weighted by Crippen LogP contribution is -2.18. The summed E-state index contributed by atoms with van der Waals surface area (Å²) in [7, 11) is 3.67. The Bertz CT molecular complexity index is 1750. The number of hydrogen-bond acceptors (Lipinski definition) is 7. The first-order valence-electron chi connectivity index (χ1n) is 13.0. The first kappa shape index (κ1) is 29.5. The number of para-hydroxylation sites is 1. The highest BCUT2D eigenvalue weighted by Gasteiger charge is 2.17. The molecule has 9 nitrogen and oxygen atoms in total. The van der Waals surface area contributed by atoms with Crippen LogP contribution in [0.15, 0.2) is 96.0 Å². The minimum atomic E-state index is -0.744. The van der Waals surface area contributed by atoms with E-state index in [1.54, 1.807) is 43.1 Å². The topological polar surface area (TPSA) is 126 Å². The van der Waals surface area contributed by atoms with Crippen LogP contribution >= 0.6 is 0 Å². The average Bonchev–Trinajstić information content (AvgIpc) is 3.34. The summed E-state index contributed by atoms with van der Waals surface area (Å²) < 4.78 is 22.8. The number of carbonyl (C=O) groups is 2. The van der Waals surface area contributed by atoms with Crippen molar-refractivity contribution < 1.29 is 18.7 Å². The summed E-state index contributed by atoms with van der Waals surface area (Å²) in [5.74, 6) is -1.25. The monoisotopic (exact) mass is 566 g/mol. The van der Waals surface area contributed by atoms with Gasteiger partial charge in [-0.2, -0.15) is 5.10 Å². The number of aromatic nitrogens is 2. The van der Waals surface area contributed by atoms with Crippen molar-refractivity contribution in [1.82, 2.24) is 9.78 Å². The number of anilines is 2. The lowest BCUT2D eigenvalue weighted by atomic mass is 10.0. The van der Waals surface area contributed by atoms with Crippen LogP contribution in [0, 0.1) is 11.2 Å². The van der Waals surface area contributed by atoms with Gasteiger partial charge in [-0.05, 0) is 61.9 Å². The highest BCUT2D eigenvalue weighted by atomic mass is 19.1. The van der Waals surface area contributed by atoms with E-state index in [-0.39, 0.29) is 22.8 Å². The zero-order valence-corrected chi connectivity index (χ0v) is 23.7. The van der Waals surface area contributed by atoms with E-state index in [9.17, 15) is 9.59 Å². The van der Waals surface area contributed by atoms with E-state index in [4.69, 9.17) is 15.9 Å². The third-order valence-corrected chi connectivity index (χ3v) is 6.79. The predicted octanol–water partition coefficient (Wildman–Crippen LogP) is 5.95. The molecule has 0 aliphatic heterocycles. The Kier molecular flexibility index (Phi) is 8.96. The number of amides is 1. The Labute approximate surface area is 242 Å².